The number of urea groups is 1. The third-order valence-electron chi connectivity index (χ3n) is 6.90. The number of hydrogen-bond acceptors (Lipinski definition) is 5. The monoisotopic (exact) mass is 428 g/mol. The van der Waals surface area contributed by atoms with Crippen molar-refractivity contribution in [3.63, 3.8) is 0 Å². The average molecular weight is 429 g/mol. The van der Waals surface area contributed by atoms with Crippen LogP contribution in [-0.2, 0) is 27.4 Å². The first-order chi connectivity index (χ1) is 15.0. The Morgan fingerprint density at radius 1 is 1.19 bits per heavy atom. The number of carbonyl (C=O) groups is 3. The fourth-order valence-electron chi connectivity index (χ4n) is 4.92. The van der Waals surface area contributed by atoms with Gasteiger partial charge in [0.25, 0.3) is 5.91 Å². The van der Waals surface area contributed by atoms with Gasteiger partial charge in [-0.25, -0.2) is 4.79 Å². The van der Waals surface area contributed by atoms with E-state index in [0.717, 1.165) is 68.1 Å². The molecule has 2 heterocycles. The van der Waals surface area contributed by atoms with Crippen LogP contribution in [0.25, 0.3) is 0 Å². The summed E-state index contributed by atoms with van der Waals surface area (Å²) in [4.78, 5) is 41.5. The molecule has 3 fully saturated rings. The first kappa shape index (κ1) is 21.8. The summed E-state index contributed by atoms with van der Waals surface area (Å²) in [6, 6.07) is 7.57. The standard InChI is InChI=1S/C23H32N4O4/c1-17-6-4-5-9-23(17)21(29)27(22(30)25-23)16-20(28)24-14-18-7-2-3-8-19(18)15-26-10-12-31-13-11-26/h2-3,7-8,17H,4-6,9-16H2,1H3,(H,24,28)(H,25,30). The van der Waals surface area contributed by atoms with E-state index in [0.29, 0.717) is 13.0 Å². The van der Waals surface area contributed by atoms with Crippen LogP contribution >= 0.6 is 0 Å². The van der Waals surface area contributed by atoms with Gasteiger partial charge < -0.3 is 15.4 Å². The summed E-state index contributed by atoms with van der Waals surface area (Å²) in [5.41, 5.74) is 1.37. The molecule has 4 rings (SSSR count). The Hall–Kier alpha value is -2.45. The molecule has 3 aliphatic rings. The summed E-state index contributed by atoms with van der Waals surface area (Å²) in [5, 5.41) is 5.79. The van der Waals surface area contributed by atoms with Crippen molar-refractivity contribution < 1.29 is 19.1 Å². The summed E-state index contributed by atoms with van der Waals surface area (Å²) in [6.07, 6.45) is 3.53. The van der Waals surface area contributed by atoms with E-state index in [1.807, 2.05) is 25.1 Å². The van der Waals surface area contributed by atoms with Crippen molar-refractivity contribution >= 4 is 17.8 Å². The van der Waals surface area contributed by atoms with Crippen molar-refractivity contribution in [2.75, 3.05) is 32.8 Å². The molecular formula is C23H32N4O4. The zero-order chi connectivity index (χ0) is 21.8. The van der Waals surface area contributed by atoms with Crippen LogP contribution in [0.4, 0.5) is 4.79 Å². The number of benzene rings is 1. The van der Waals surface area contributed by atoms with Crippen molar-refractivity contribution in [1.29, 1.82) is 0 Å². The molecule has 31 heavy (non-hydrogen) atoms. The van der Waals surface area contributed by atoms with Gasteiger partial charge in [0.1, 0.15) is 12.1 Å². The zero-order valence-electron chi connectivity index (χ0n) is 18.2. The second kappa shape index (κ2) is 9.36. The maximum Gasteiger partial charge on any atom is 0.325 e. The molecule has 1 aromatic rings. The lowest BCUT2D eigenvalue weighted by atomic mass is 9.73. The van der Waals surface area contributed by atoms with Crippen LogP contribution < -0.4 is 10.6 Å². The quantitative estimate of drug-likeness (QED) is 0.672. The largest absolute Gasteiger partial charge is 0.379 e. The second-order valence-corrected chi connectivity index (χ2v) is 8.87. The molecule has 2 N–H and O–H groups in total. The maximum absolute atomic E-state index is 13.0. The molecule has 2 saturated heterocycles. The summed E-state index contributed by atoms with van der Waals surface area (Å²) in [6.45, 7) is 6.21. The lowest BCUT2D eigenvalue weighted by Gasteiger charge is -2.36. The first-order valence-corrected chi connectivity index (χ1v) is 11.3. The van der Waals surface area contributed by atoms with Crippen molar-refractivity contribution in [3.8, 4) is 0 Å². The van der Waals surface area contributed by atoms with Gasteiger partial charge in [0, 0.05) is 26.2 Å². The van der Waals surface area contributed by atoms with Crippen LogP contribution in [0.1, 0.15) is 43.7 Å². The Kier molecular flexibility index (Phi) is 6.57. The van der Waals surface area contributed by atoms with Crippen LogP contribution in [0.3, 0.4) is 0 Å². The van der Waals surface area contributed by atoms with Gasteiger partial charge in [-0.1, -0.05) is 44.0 Å². The lowest BCUT2D eigenvalue weighted by Crippen LogP contribution is -2.54. The van der Waals surface area contributed by atoms with Crippen LogP contribution in [0.2, 0.25) is 0 Å². The van der Waals surface area contributed by atoms with E-state index >= 15 is 0 Å². The SMILES string of the molecule is CC1CCCCC12NC(=O)N(CC(=O)NCc1ccccc1CN1CCOCC1)C2=O. The number of morpholine rings is 1. The third-order valence-corrected chi connectivity index (χ3v) is 6.90. The molecule has 2 aliphatic heterocycles. The molecule has 1 saturated carbocycles. The van der Waals surface area contributed by atoms with E-state index in [9.17, 15) is 14.4 Å². The van der Waals surface area contributed by atoms with Crippen LogP contribution in [-0.4, -0.2) is 66.0 Å². The van der Waals surface area contributed by atoms with Gasteiger partial charge in [0.05, 0.1) is 13.2 Å². The van der Waals surface area contributed by atoms with Gasteiger partial charge in [-0.2, -0.15) is 0 Å². The predicted octanol–water partition coefficient (Wildman–Crippen LogP) is 1.64. The Balaban J connectivity index is 1.34. The zero-order valence-corrected chi connectivity index (χ0v) is 18.2. The van der Waals surface area contributed by atoms with Crippen molar-refractivity contribution in [3.05, 3.63) is 35.4 Å². The summed E-state index contributed by atoms with van der Waals surface area (Å²) in [7, 11) is 0. The second-order valence-electron chi connectivity index (χ2n) is 8.87. The molecule has 2 atom stereocenters. The van der Waals surface area contributed by atoms with Gasteiger partial charge in [0.2, 0.25) is 5.91 Å². The topological polar surface area (TPSA) is 91.0 Å². The predicted molar refractivity (Wildman–Crippen MR) is 115 cm³/mol. The summed E-state index contributed by atoms with van der Waals surface area (Å²) >= 11 is 0. The number of rotatable bonds is 6. The Morgan fingerprint density at radius 2 is 1.94 bits per heavy atom. The molecule has 0 bridgehead atoms. The van der Waals surface area contributed by atoms with Gasteiger partial charge in [0.15, 0.2) is 0 Å². The number of amides is 4. The summed E-state index contributed by atoms with van der Waals surface area (Å²) in [5.74, 6) is -0.504. The number of imide groups is 1. The highest BCUT2D eigenvalue weighted by molar-refractivity contribution is 6.09. The minimum Gasteiger partial charge on any atom is -0.379 e. The van der Waals surface area contributed by atoms with Gasteiger partial charge in [-0.15, -0.1) is 0 Å². The molecule has 1 spiro atoms. The minimum absolute atomic E-state index is 0.0813. The number of hydrogen-bond donors (Lipinski definition) is 2. The molecule has 2 unspecified atom stereocenters. The molecule has 4 amide bonds. The van der Waals surface area contributed by atoms with Crippen LogP contribution in [0, 0.1) is 5.92 Å². The molecule has 8 heteroatoms. The third kappa shape index (κ3) is 4.60. The van der Waals surface area contributed by atoms with Gasteiger partial charge in [-0.3, -0.25) is 19.4 Å². The van der Waals surface area contributed by atoms with Crippen LogP contribution in [0.5, 0.6) is 0 Å². The Labute approximate surface area is 183 Å². The number of carbonyl (C=O) groups excluding carboxylic acids is 3. The molecule has 1 aliphatic carbocycles. The number of ether oxygens (including phenoxy) is 1. The highest BCUT2D eigenvalue weighted by atomic mass is 16.5. The number of nitrogens with one attached hydrogen (secondary N) is 2. The van der Waals surface area contributed by atoms with E-state index < -0.39 is 11.6 Å². The molecular weight excluding hydrogens is 396 g/mol. The lowest BCUT2D eigenvalue weighted by molar-refractivity contribution is -0.137. The minimum atomic E-state index is -0.833. The smallest absolute Gasteiger partial charge is 0.325 e. The van der Waals surface area contributed by atoms with Crippen LogP contribution in [0.15, 0.2) is 24.3 Å². The average Bonchev–Trinajstić information content (AvgIpc) is 3.01. The highest BCUT2D eigenvalue weighted by Gasteiger charge is 2.55. The van der Waals surface area contributed by atoms with Gasteiger partial charge in [-0.05, 0) is 29.9 Å². The fraction of sp³-hybridized carbons (Fsp3) is 0.609. The molecule has 8 nitrogen and oxygen atoms in total. The van der Waals surface area contributed by atoms with E-state index in [1.54, 1.807) is 0 Å². The molecule has 1 aromatic carbocycles. The molecule has 0 radical (unpaired) electrons. The Bertz CT molecular complexity index is 839. The summed E-state index contributed by atoms with van der Waals surface area (Å²) < 4.78 is 5.41. The maximum atomic E-state index is 13.0. The van der Waals surface area contributed by atoms with E-state index in [2.05, 4.69) is 21.6 Å². The van der Waals surface area contributed by atoms with E-state index in [4.69, 9.17) is 4.74 Å². The van der Waals surface area contributed by atoms with Crippen molar-refractivity contribution in [2.24, 2.45) is 5.92 Å². The Morgan fingerprint density at radius 3 is 2.68 bits per heavy atom. The highest BCUT2D eigenvalue weighted by Crippen LogP contribution is 2.38. The normalized spacial score (nSPS) is 26.9. The van der Waals surface area contributed by atoms with E-state index in [1.165, 1.54) is 0 Å². The fourth-order valence-corrected chi connectivity index (χ4v) is 4.92. The number of nitrogens with zero attached hydrogens (tertiary/aromatic N) is 2. The molecule has 0 aromatic heterocycles. The van der Waals surface area contributed by atoms with Gasteiger partial charge >= 0.3 is 6.03 Å². The van der Waals surface area contributed by atoms with E-state index in [-0.39, 0.29) is 24.3 Å². The van der Waals surface area contributed by atoms with Crippen molar-refractivity contribution in [2.45, 2.75) is 51.2 Å². The van der Waals surface area contributed by atoms with Crippen molar-refractivity contribution in [1.82, 2.24) is 20.4 Å². The molecule has 168 valence electrons. The first-order valence-electron chi connectivity index (χ1n) is 11.3.